The Labute approximate surface area is 121 Å². The minimum atomic E-state index is -1.34. The molecule has 2 aromatic carbocycles. The minimum absolute atomic E-state index is 0.170. The highest BCUT2D eigenvalue weighted by Crippen LogP contribution is 2.31. The van der Waals surface area contributed by atoms with E-state index in [1.54, 1.807) is 36.4 Å². The summed E-state index contributed by atoms with van der Waals surface area (Å²) < 4.78 is 13.9. The van der Waals surface area contributed by atoms with Gasteiger partial charge in [0, 0.05) is 10.6 Å². The van der Waals surface area contributed by atoms with Gasteiger partial charge in [0.1, 0.15) is 5.82 Å². The summed E-state index contributed by atoms with van der Waals surface area (Å²) in [5.41, 5.74) is -0.408. The van der Waals surface area contributed by atoms with Gasteiger partial charge in [0.25, 0.3) is 0 Å². The van der Waals surface area contributed by atoms with Gasteiger partial charge in [0.05, 0.1) is 5.41 Å². The first-order valence-corrected chi connectivity index (χ1v) is 6.54. The molecule has 0 bridgehead atoms. The van der Waals surface area contributed by atoms with E-state index < -0.39 is 17.2 Å². The summed E-state index contributed by atoms with van der Waals surface area (Å²) in [5, 5.41) is 10.1. The molecule has 0 saturated carbocycles. The Hall–Kier alpha value is -1.87. The van der Waals surface area contributed by atoms with Crippen molar-refractivity contribution < 1.29 is 14.3 Å². The van der Waals surface area contributed by atoms with E-state index in [1.807, 2.05) is 0 Å². The van der Waals surface area contributed by atoms with Crippen LogP contribution in [0.4, 0.5) is 4.39 Å². The van der Waals surface area contributed by atoms with Gasteiger partial charge in [-0.05, 0) is 37.1 Å². The predicted molar refractivity (Wildman–Crippen MR) is 76.5 cm³/mol. The molecule has 0 radical (unpaired) electrons. The first kappa shape index (κ1) is 14.5. The van der Waals surface area contributed by atoms with E-state index in [2.05, 4.69) is 0 Å². The van der Waals surface area contributed by atoms with Gasteiger partial charge in [-0.1, -0.05) is 41.9 Å². The Bertz CT molecular complexity index is 642. The van der Waals surface area contributed by atoms with E-state index in [4.69, 9.17) is 11.6 Å². The Morgan fingerprint density at radius 1 is 1.25 bits per heavy atom. The second kappa shape index (κ2) is 5.63. The highest BCUT2D eigenvalue weighted by molar-refractivity contribution is 6.30. The number of hydrogen-bond donors (Lipinski definition) is 1. The molecule has 2 rings (SSSR count). The molecule has 0 aliphatic heterocycles. The third-order valence-electron chi connectivity index (χ3n) is 3.39. The van der Waals surface area contributed by atoms with E-state index >= 15 is 0 Å². The summed E-state index contributed by atoms with van der Waals surface area (Å²) >= 11 is 5.91. The molecule has 0 aliphatic carbocycles. The maximum Gasteiger partial charge on any atom is 0.314 e. The number of carboxylic acid groups (broad SMARTS) is 1. The zero-order chi connectivity index (χ0) is 14.8. The average Bonchev–Trinajstić information content (AvgIpc) is 2.38. The van der Waals surface area contributed by atoms with Gasteiger partial charge >= 0.3 is 5.97 Å². The van der Waals surface area contributed by atoms with Crippen LogP contribution in [0.5, 0.6) is 0 Å². The molecule has 1 atom stereocenters. The van der Waals surface area contributed by atoms with E-state index in [9.17, 15) is 14.3 Å². The molecule has 0 aromatic heterocycles. The fourth-order valence-electron chi connectivity index (χ4n) is 2.25. The zero-order valence-electron chi connectivity index (χ0n) is 10.9. The lowest BCUT2D eigenvalue weighted by Gasteiger charge is -2.26. The third kappa shape index (κ3) is 2.83. The van der Waals surface area contributed by atoms with E-state index in [0.29, 0.717) is 5.02 Å². The molecule has 0 fully saturated rings. The zero-order valence-corrected chi connectivity index (χ0v) is 11.7. The van der Waals surface area contributed by atoms with Crippen molar-refractivity contribution in [3.8, 4) is 0 Å². The summed E-state index contributed by atoms with van der Waals surface area (Å²) in [6.45, 7) is 1.52. The van der Waals surface area contributed by atoms with Crippen LogP contribution in [0, 0.1) is 5.82 Å². The average molecular weight is 293 g/mol. The van der Waals surface area contributed by atoms with Crippen molar-refractivity contribution in [2.24, 2.45) is 0 Å². The molecule has 2 nitrogen and oxygen atoms in total. The molecular formula is C16H14ClFO2. The van der Waals surface area contributed by atoms with E-state index in [0.717, 1.165) is 5.56 Å². The Morgan fingerprint density at radius 3 is 2.55 bits per heavy atom. The smallest absolute Gasteiger partial charge is 0.314 e. The molecule has 0 aliphatic rings. The van der Waals surface area contributed by atoms with Crippen LogP contribution in [0.15, 0.2) is 48.5 Å². The van der Waals surface area contributed by atoms with Gasteiger partial charge in [0.2, 0.25) is 0 Å². The van der Waals surface area contributed by atoms with Crippen molar-refractivity contribution in [1.29, 1.82) is 0 Å². The van der Waals surface area contributed by atoms with Gasteiger partial charge in [-0.3, -0.25) is 4.79 Å². The van der Waals surface area contributed by atoms with Gasteiger partial charge in [-0.2, -0.15) is 0 Å². The van der Waals surface area contributed by atoms with E-state index in [1.165, 1.54) is 19.1 Å². The van der Waals surface area contributed by atoms with Crippen LogP contribution in [-0.2, 0) is 16.6 Å². The quantitative estimate of drug-likeness (QED) is 0.922. The largest absolute Gasteiger partial charge is 0.481 e. The first-order chi connectivity index (χ1) is 9.43. The molecule has 104 valence electrons. The molecular weight excluding hydrogens is 279 g/mol. The normalized spacial score (nSPS) is 13.8. The lowest BCUT2D eigenvalue weighted by atomic mass is 9.77. The minimum Gasteiger partial charge on any atom is -0.481 e. The summed E-state index contributed by atoms with van der Waals surface area (Å²) in [6.07, 6.45) is 0.170. The molecule has 20 heavy (non-hydrogen) atoms. The highest BCUT2D eigenvalue weighted by Gasteiger charge is 2.37. The van der Waals surface area contributed by atoms with Gasteiger partial charge < -0.3 is 5.11 Å². The second-order valence-electron chi connectivity index (χ2n) is 4.92. The van der Waals surface area contributed by atoms with Crippen LogP contribution in [-0.4, -0.2) is 11.1 Å². The topological polar surface area (TPSA) is 37.3 Å². The maximum atomic E-state index is 13.9. The van der Waals surface area contributed by atoms with Crippen LogP contribution in [0.2, 0.25) is 5.02 Å². The van der Waals surface area contributed by atoms with Gasteiger partial charge in [0.15, 0.2) is 0 Å². The number of halogens is 2. The van der Waals surface area contributed by atoms with Crippen LogP contribution < -0.4 is 0 Å². The number of carbonyl (C=O) groups is 1. The highest BCUT2D eigenvalue weighted by atomic mass is 35.5. The molecule has 1 unspecified atom stereocenters. The third-order valence-corrected chi connectivity index (χ3v) is 3.62. The summed E-state index contributed by atoms with van der Waals surface area (Å²) in [6, 6.07) is 12.9. The number of hydrogen-bond acceptors (Lipinski definition) is 1. The Balaban J connectivity index is 2.46. The first-order valence-electron chi connectivity index (χ1n) is 6.16. The van der Waals surface area contributed by atoms with Crippen molar-refractivity contribution in [1.82, 2.24) is 0 Å². The summed E-state index contributed by atoms with van der Waals surface area (Å²) in [7, 11) is 0. The molecule has 1 N–H and O–H groups in total. The molecule has 2 aromatic rings. The van der Waals surface area contributed by atoms with Crippen molar-refractivity contribution in [2.45, 2.75) is 18.8 Å². The second-order valence-corrected chi connectivity index (χ2v) is 5.36. The molecule has 0 saturated heterocycles. The summed E-state index contributed by atoms with van der Waals surface area (Å²) in [4.78, 5) is 11.7. The Morgan fingerprint density at radius 2 is 1.95 bits per heavy atom. The van der Waals surface area contributed by atoms with Crippen molar-refractivity contribution in [2.75, 3.05) is 0 Å². The lowest BCUT2D eigenvalue weighted by molar-refractivity contribution is -0.143. The van der Waals surface area contributed by atoms with Crippen molar-refractivity contribution in [3.63, 3.8) is 0 Å². The van der Waals surface area contributed by atoms with E-state index in [-0.39, 0.29) is 12.0 Å². The Kier molecular flexibility index (Phi) is 4.09. The van der Waals surface area contributed by atoms with Crippen LogP contribution in [0.1, 0.15) is 18.1 Å². The number of aliphatic carboxylic acids is 1. The fraction of sp³-hybridized carbons (Fsp3) is 0.188. The molecule has 0 heterocycles. The van der Waals surface area contributed by atoms with Gasteiger partial charge in [-0.15, -0.1) is 0 Å². The number of carboxylic acids is 1. The van der Waals surface area contributed by atoms with Crippen molar-refractivity contribution in [3.05, 3.63) is 70.5 Å². The number of benzene rings is 2. The predicted octanol–water partition coefficient (Wildman–Crippen LogP) is 4.06. The summed E-state index contributed by atoms with van der Waals surface area (Å²) in [5.74, 6) is -1.58. The van der Waals surface area contributed by atoms with Crippen molar-refractivity contribution >= 4 is 17.6 Å². The van der Waals surface area contributed by atoms with Gasteiger partial charge in [-0.25, -0.2) is 4.39 Å². The monoisotopic (exact) mass is 292 g/mol. The lowest BCUT2D eigenvalue weighted by Crippen LogP contribution is -2.35. The molecule has 0 spiro atoms. The van der Waals surface area contributed by atoms with Crippen LogP contribution in [0.25, 0.3) is 0 Å². The molecule has 4 heteroatoms. The van der Waals surface area contributed by atoms with Crippen LogP contribution in [0.3, 0.4) is 0 Å². The van der Waals surface area contributed by atoms with Crippen LogP contribution >= 0.6 is 11.6 Å². The molecule has 0 amide bonds. The maximum absolute atomic E-state index is 13.9. The fourth-order valence-corrected chi connectivity index (χ4v) is 2.46. The standard InChI is InChI=1S/C16H14ClFO2/c1-16(15(19)20,13-7-2-3-8-14(13)18)10-11-5-4-6-12(17)9-11/h2-9H,10H2,1H3,(H,19,20). The number of rotatable bonds is 4. The SMILES string of the molecule is CC(Cc1cccc(Cl)c1)(C(=O)O)c1ccccc1F.